The zero-order valence-electron chi connectivity index (χ0n) is 32.4. The van der Waals surface area contributed by atoms with E-state index in [2.05, 4.69) is 22.9 Å². The molecule has 4 rings (SSSR count). The van der Waals surface area contributed by atoms with Crippen molar-refractivity contribution in [1.29, 1.82) is 0 Å². The van der Waals surface area contributed by atoms with Gasteiger partial charge in [-0.1, -0.05) is 44.5 Å². The number of likely N-dealkylation sites (N-methyl/N-ethyl adjacent to an activating group) is 1. The number of benzene rings is 1. The van der Waals surface area contributed by atoms with Crippen molar-refractivity contribution in [3.05, 3.63) is 34.9 Å². The maximum atomic E-state index is 14.3. The Hall–Kier alpha value is -2.36. The lowest BCUT2D eigenvalue weighted by Crippen LogP contribution is -2.60. The molecule has 3 fully saturated rings. The topological polar surface area (TPSA) is 157 Å². The average Bonchev–Trinajstić information content (AvgIpc) is 3.42. The molecule has 0 saturated carbocycles. The van der Waals surface area contributed by atoms with Crippen molar-refractivity contribution in [2.45, 2.75) is 134 Å². The Balaban J connectivity index is 1.63. The Labute approximate surface area is 314 Å². The lowest BCUT2D eigenvalue weighted by Gasteiger charge is -2.47. The number of amides is 1. The quantitative estimate of drug-likeness (QED) is 0.215. The number of cyclic esters (lactones) is 1. The standard InChI is InChI=1S/C38H61ClN4O9/c1-11-29-38(7)32(42-36(47)52-38)24(5)41-18-21(2)17-37(6,48-10)33(22(3)30(44)23(4)34(46)50-29)51-35-31(45)28(43(8)9)16-27(49-35)20-40-19-25-12-14-26(39)15-13-25/h12-15,21-24,27-29,31-33,35,40-41,45H,11,16-20H2,1-10H3,(H,42,47)/t21-,22+,23?,24-,27+,28?,29+,31?,32-,33-,35+,37-,38-/m1/s1. The van der Waals surface area contributed by atoms with Gasteiger partial charge in [0.1, 0.15) is 18.1 Å². The van der Waals surface area contributed by atoms with Gasteiger partial charge < -0.3 is 49.6 Å². The van der Waals surface area contributed by atoms with Crippen molar-refractivity contribution in [3.63, 3.8) is 0 Å². The molecule has 3 heterocycles. The number of alkyl carbamates (subject to hydrolysis) is 1. The molecule has 0 radical (unpaired) electrons. The summed E-state index contributed by atoms with van der Waals surface area (Å²) < 4.78 is 31.2. The number of methoxy groups -OCH3 is 1. The lowest BCUT2D eigenvalue weighted by atomic mass is 9.78. The third-order valence-electron chi connectivity index (χ3n) is 11.3. The van der Waals surface area contributed by atoms with E-state index in [0.29, 0.717) is 43.9 Å². The zero-order valence-corrected chi connectivity index (χ0v) is 33.2. The Morgan fingerprint density at radius 2 is 1.77 bits per heavy atom. The van der Waals surface area contributed by atoms with Gasteiger partial charge in [0.05, 0.1) is 23.9 Å². The van der Waals surface area contributed by atoms with Crippen LogP contribution in [0.1, 0.15) is 73.3 Å². The summed E-state index contributed by atoms with van der Waals surface area (Å²) in [7, 11) is 5.39. The summed E-state index contributed by atoms with van der Waals surface area (Å²) in [6.07, 6.45) is -3.40. The first kappa shape index (κ1) is 42.4. The summed E-state index contributed by atoms with van der Waals surface area (Å²) in [5.41, 5.74) is -1.15. The normalized spacial score (nSPS) is 39.6. The van der Waals surface area contributed by atoms with E-state index < -0.39 is 71.5 Å². The van der Waals surface area contributed by atoms with Gasteiger partial charge in [0, 0.05) is 43.2 Å². The smallest absolute Gasteiger partial charge is 0.408 e. The first-order valence-electron chi connectivity index (χ1n) is 18.6. The molecule has 3 aliphatic rings. The Kier molecular flexibility index (Phi) is 14.5. The van der Waals surface area contributed by atoms with Crippen molar-refractivity contribution in [1.82, 2.24) is 20.9 Å². The number of esters is 1. The van der Waals surface area contributed by atoms with E-state index in [9.17, 15) is 19.5 Å². The highest BCUT2D eigenvalue weighted by Crippen LogP contribution is 2.37. The Bertz CT molecular complexity index is 1370. The first-order chi connectivity index (χ1) is 24.4. The maximum Gasteiger partial charge on any atom is 0.408 e. The number of nitrogens with zero attached hydrogens (tertiary/aromatic N) is 1. The molecule has 294 valence electrons. The number of carbonyl (C=O) groups excluding carboxylic acids is 3. The summed E-state index contributed by atoms with van der Waals surface area (Å²) in [6, 6.07) is 6.56. The molecule has 14 heteroatoms. The van der Waals surface area contributed by atoms with Gasteiger partial charge >= 0.3 is 12.1 Å². The van der Waals surface area contributed by atoms with Crippen LogP contribution in [0.4, 0.5) is 4.79 Å². The summed E-state index contributed by atoms with van der Waals surface area (Å²) >= 11 is 6.06. The van der Waals surface area contributed by atoms with Gasteiger partial charge in [-0.2, -0.15) is 0 Å². The molecule has 3 aliphatic heterocycles. The molecule has 3 unspecified atom stereocenters. The number of aliphatic hydroxyl groups is 1. The van der Waals surface area contributed by atoms with Crippen molar-refractivity contribution in [3.8, 4) is 0 Å². The van der Waals surface area contributed by atoms with Crippen molar-refractivity contribution < 1.29 is 43.2 Å². The minimum Gasteiger partial charge on any atom is -0.458 e. The highest BCUT2D eigenvalue weighted by Gasteiger charge is 2.55. The molecule has 52 heavy (non-hydrogen) atoms. The molecule has 1 aromatic carbocycles. The molecule has 1 aromatic rings. The van der Waals surface area contributed by atoms with Gasteiger partial charge in [-0.3, -0.25) is 9.59 Å². The lowest BCUT2D eigenvalue weighted by molar-refractivity contribution is -0.297. The van der Waals surface area contributed by atoms with E-state index in [4.69, 9.17) is 35.3 Å². The number of aliphatic hydroxyl groups excluding tert-OH is 1. The second-order valence-electron chi connectivity index (χ2n) is 15.7. The molecule has 13 nitrogen and oxygen atoms in total. The number of nitrogens with one attached hydrogen (secondary N) is 3. The monoisotopic (exact) mass is 752 g/mol. The summed E-state index contributed by atoms with van der Waals surface area (Å²) in [6.45, 7) is 14.4. The van der Waals surface area contributed by atoms with Gasteiger partial charge in [0.15, 0.2) is 17.7 Å². The van der Waals surface area contributed by atoms with E-state index >= 15 is 0 Å². The molecule has 0 spiro atoms. The van der Waals surface area contributed by atoms with Crippen molar-refractivity contribution in [2.75, 3.05) is 34.3 Å². The van der Waals surface area contributed by atoms with Crippen LogP contribution in [0.15, 0.2) is 24.3 Å². The molecule has 0 bridgehead atoms. The van der Waals surface area contributed by atoms with Gasteiger partial charge in [-0.25, -0.2) is 4.79 Å². The van der Waals surface area contributed by atoms with E-state index in [1.54, 1.807) is 21.0 Å². The zero-order chi connectivity index (χ0) is 38.5. The van der Waals surface area contributed by atoms with Gasteiger partial charge in [0.25, 0.3) is 0 Å². The Morgan fingerprint density at radius 1 is 1.10 bits per heavy atom. The van der Waals surface area contributed by atoms with E-state index in [1.165, 1.54) is 6.92 Å². The number of rotatable bonds is 9. The van der Waals surface area contributed by atoms with E-state index in [0.717, 1.165) is 5.56 Å². The van der Waals surface area contributed by atoms with Crippen LogP contribution in [-0.2, 0) is 39.8 Å². The molecular weight excluding hydrogens is 692 g/mol. The SMILES string of the molecule is CC[C@@H]1OC(=O)C(C)C(=O)[C@H](C)[C@@H](O[C@@H]2O[C@H](CNCc3ccc(Cl)cc3)CC(N(C)C)C2O)[C@](C)(OC)C[C@@H](C)CN[C@H](C)[C@H]2NC(=O)O[C@]12C. The molecule has 4 N–H and O–H groups in total. The van der Waals surface area contributed by atoms with Gasteiger partial charge in [-0.15, -0.1) is 0 Å². The van der Waals surface area contributed by atoms with Crippen LogP contribution in [0.2, 0.25) is 5.02 Å². The number of halogens is 1. The van der Waals surface area contributed by atoms with Crippen LogP contribution < -0.4 is 16.0 Å². The summed E-state index contributed by atoms with van der Waals surface area (Å²) in [4.78, 5) is 42.5. The minimum atomic E-state index is -1.17. The summed E-state index contributed by atoms with van der Waals surface area (Å²) in [5.74, 6) is -3.16. The van der Waals surface area contributed by atoms with Crippen molar-refractivity contribution >= 4 is 29.4 Å². The molecular formula is C38H61ClN4O9. The number of hydrogen-bond donors (Lipinski definition) is 4. The molecule has 3 saturated heterocycles. The predicted octanol–water partition coefficient (Wildman–Crippen LogP) is 3.67. The number of ether oxygens (including phenoxy) is 5. The van der Waals surface area contributed by atoms with Crippen LogP contribution in [0.3, 0.4) is 0 Å². The third-order valence-corrected chi connectivity index (χ3v) is 11.6. The fraction of sp³-hybridized carbons (Fsp3) is 0.763. The number of ketones is 1. The predicted molar refractivity (Wildman–Crippen MR) is 197 cm³/mol. The molecule has 13 atom stereocenters. The fourth-order valence-electron chi connectivity index (χ4n) is 8.13. The van der Waals surface area contributed by atoms with E-state index in [-0.39, 0.29) is 24.1 Å². The Morgan fingerprint density at radius 3 is 2.38 bits per heavy atom. The number of hydrogen-bond acceptors (Lipinski definition) is 12. The maximum absolute atomic E-state index is 14.3. The molecule has 1 amide bonds. The number of Topliss-reactive ketones (excluding diaryl/α,β-unsaturated/α-hetero) is 1. The van der Waals surface area contributed by atoms with Gasteiger partial charge in [-0.05, 0) is 91.2 Å². The van der Waals surface area contributed by atoms with Gasteiger partial charge in [0.2, 0.25) is 0 Å². The van der Waals surface area contributed by atoms with Crippen LogP contribution >= 0.6 is 11.6 Å². The largest absolute Gasteiger partial charge is 0.458 e. The van der Waals surface area contributed by atoms with Crippen LogP contribution in [0.5, 0.6) is 0 Å². The first-order valence-corrected chi connectivity index (χ1v) is 18.9. The van der Waals surface area contributed by atoms with Crippen LogP contribution in [0.25, 0.3) is 0 Å². The summed E-state index contributed by atoms with van der Waals surface area (Å²) in [5, 5.41) is 22.2. The second-order valence-corrected chi connectivity index (χ2v) is 16.1. The molecule has 0 aromatic heterocycles. The highest BCUT2D eigenvalue weighted by molar-refractivity contribution is 6.30. The fourth-order valence-corrected chi connectivity index (χ4v) is 8.26. The van der Waals surface area contributed by atoms with E-state index in [1.807, 2.05) is 64.0 Å². The average molecular weight is 753 g/mol. The van der Waals surface area contributed by atoms with Crippen LogP contribution in [0, 0.1) is 17.8 Å². The minimum absolute atomic E-state index is 0.00373. The molecule has 0 aliphatic carbocycles. The van der Waals surface area contributed by atoms with Crippen molar-refractivity contribution in [2.24, 2.45) is 17.8 Å². The van der Waals surface area contributed by atoms with Crippen LogP contribution in [-0.4, -0.2) is 122 Å². The second kappa shape index (κ2) is 17.9. The third kappa shape index (κ3) is 9.65. The highest BCUT2D eigenvalue weighted by atomic mass is 35.5. The number of fused-ring (bicyclic) bond motifs is 1. The number of carbonyl (C=O) groups is 3.